The molecule has 10 heteroatoms. The maximum Gasteiger partial charge on any atom is 0.332 e. The molecule has 3 aliphatic heterocycles. The Morgan fingerprint density at radius 2 is 1.56 bits per heavy atom. The molecule has 1 N–H and O–H groups in total. The summed E-state index contributed by atoms with van der Waals surface area (Å²) in [7, 11) is 2.84. The monoisotopic (exact) mass is 584 g/mol. The third-order valence-corrected chi connectivity index (χ3v) is 9.07. The van der Waals surface area contributed by atoms with Crippen molar-refractivity contribution in [1.29, 1.82) is 0 Å². The number of piperidine rings is 1. The molecule has 1 aromatic heterocycles. The predicted octanol–water partition coefficient (Wildman–Crippen LogP) is 2.66. The second-order valence-corrected chi connectivity index (χ2v) is 12.0. The van der Waals surface area contributed by atoms with Crippen LogP contribution in [0, 0.1) is 11.3 Å². The lowest BCUT2D eigenvalue weighted by Crippen LogP contribution is -2.67. The van der Waals surface area contributed by atoms with Gasteiger partial charge in [0.15, 0.2) is 0 Å². The quantitative estimate of drug-likeness (QED) is 0.405. The summed E-state index contributed by atoms with van der Waals surface area (Å²) in [4.78, 5) is 57.2. The van der Waals surface area contributed by atoms with Crippen LogP contribution in [0.25, 0.3) is 0 Å². The first-order valence-electron chi connectivity index (χ1n) is 14.6. The normalized spacial score (nSPS) is 22.3. The number of aromatic nitrogens is 1. The van der Waals surface area contributed by atoms with E-state index in [1.54, 1.807) is 24.3 Å². The van der Waals surface area contributed by atoms with Gasteiger partial charge in [-0.25, -0.2) is 4.79 Å². The lowest BCUT2D eigenvalue weighted by atomic mass is 9.75. The van der Waals surface area contributed by atoms with Crippen molar-refractivity contribution in [3.8, 4) is 5.75 Å². The third kappa shape index (κ3) is 5.36. The molecule has 43 heavy (non-hydrogen) atoms. The average molecular weight is 585 g/mol. The molecule has 10 nitrogen and oxygen atoms in total. The number of hydrogen-bond donors (Lipinski definition) is 1. The third-order valence-electron chi connectivity index (χ3n) is 9.07. The van der Waals surface area contributed by atoms with E-state index in [1.807, 2.05) is 53.1 Å². The van der Waals surface area contributed by atoms with Crippen LogP contribution in [0.5, 0.6) is 5.75 Å². The fraction of sp³-hybridized carbons (Fsp3) is 0.394. The highest BCUT2D eigenvalue weighted by atomic mass is 16.5. The van der Waals surface area contributed by atoms with Gasteiger partial charge in [0.25, 0.3) is 5.56 Å². The predicted molar refractivity (Wildman–Crippen MR) is 158 cm³/mol. The van der Waals surface area contributed by atoms with Crippen molar-refractivity contribution in [2.24, 2.45) is 11.3 Å². The summed E-state index contributed by atoms with van der Waals surface area (Å²) in [5.41, 5.74) is 1.00. The largest absolute Gasteiger partial charge is 0.491 e. The number of rotatable bonds is 8. The fourth-order valence-electron chi connectivity index (χ4n) is 6.98. The minimum absolute atomic E-state index is 0.00137. The molecule has 6 rings (SSSR count). The zero-order valence-corrected chi connectivity index (χ0v) is 24.4. The van der Waals surface area contributed by atoms with Crippen molar-refractivity contribution in [2.75, 3.05) is 40.3 Å². The van der Waals surface area contributed by atoms with E-state index in [0.717, 1.165) is 33.0 Å². The molecule has 2 fully saturated rings. The van der Waals surface area contributed by atoms with Gasteiger partial charge in [0.2, 0.25) is 11.8 Å². The molecule has 2 bridgehead atoms. The molecule has 3 aromatic rings. The van der Waals surface area contributed by atoms with Gasteiger partial charge in [0, 0.05) is 58.0 Å². The number of fused-ring (bicyclic) bond motifs is 4. The van der Waals surface area contributed by atoms with Gasteiger partial charge in [-0.2, -0.15) is 0 Å². The molecule has 2 saturated heterocycles. The van der Waals surface area contributed by atoms with Crippen LogP contribution >= 0.6 is 0 Å². The maximum absolute atomic E-state index is 13.9. The van der Waals surface area contributed by atoms with Crippen LogP contribution in [0.4, 0.5) is 4.79 Å². The van der Waals surface area contributed by atoms with Gasteiger partial charge in [-0.05, 0) is 48.1 Å². The smallest absolute Gasteiger partial charge is 0.332 e. The van der Waals surface area contributed by atoms with Crippen molar-refractivity contribution in [3.63, 3.8) is 0 Å². The number of pyridine rings is 1. The Kier molecular flexibility index (Phi) is 7.66. The number of aliphatic hydroxyl groups is 1. The number of benzene rings is 2. The number of amides is 4. The van der Waals surface area contributed by atoms with E-state index in [0.29, 0.717) is 25.4 Å². The molecule has 4 heterocycles. The first-order valence-corrected chi connectivity index (χ1v) is 14.6. The molecule has 3 atom stereocenters. The molecule has 4 amide bonds. The second-order valence-electron chi connectivity index (χ2n) is 12.0. The van der Waals surface area contributed by atoms with Crippen LogP contribution in [0.15, 0.2) is 77.6 Å². The van der Waals surface area contributed by atoms with Gasteiger partial charge >= 0.3 is 6.03 Å². The number of urea groups is 1. The van der Waals surface area contributed by atoms with Gasteiger partial charge in [0.05, 0.1) is 0 Å². The lowest BCUT2D eigenvalue weighted by Gasteiger charge is -2.48. The number of barbiturate groups is 1. The lowest BCUT2D eigenvalue weighted by molar-refractivity contribution is -0.159. The SMILES string of the molecule is CN1C(=O)N(C)C(=O)C(Cc2ccc(OCC(O)c3ccccc3)cc2)(CN2C[C@@H]3C[C@H](C2)c2cccc(=O)n2C3)C1=O. The Labute approximate surface area is 250 Å². The minimum atomic E-state index is -1.49. The number of imide groups is 2. The molecule has 0 aliphatic carbocycles. The van der Waals surface area contributed by atoms with Crippen molar-refractivity contribution < 1.29 is 24.2 Å². The van der Waals surface area contributed by atoms with Crippen LogP contribution in [-0.2, 0) is 22.6 Å². The van der Waals surface area contributed by atoms with E-state index >= 15 is 0 Å². The van der Waals surface area contributed by atoms with Crippen molar-refractivity contribution >= 4 is 17.8 Å². The van der Waals surface area contributed by atoms with E-state index in [4.69, 9.17) is 4.74 Å². The minimum Gasteiger partial charge on any atom is -0.491 e. The Bertz CT molecular complexity index is 1560. The van der Waals surface area contributed by atoms with Crippen LogP contribution in [-0.4, -0.2) is 82.6 Å². The number of hydrogen-bond acceptors (Lipinski definition) is 7. The molecular formula is C33H36N4O6. The number of carbonyl (C=O) groups is 3. The number of carbonyl (C=O) groups excluding carboxylic acids is 3. The second kappa shape index (κ2) is 11.4. The average Bonchev–Trinajstić information content (AvgIpc) is 3.02. The van der Waals surface area contributed by atoms with E-state index in [2.05, 4.69) is 4.90 Å². The van der Waals surface area contributed by atoms with Crippen molar-refractivity contribution in [2.45, 2.75) is 31.4 Å². The van der Waals surface area contributed by atoms with Crippen LogP contribution in [0.2, 0.25) is 0 Å². The first kappa shape index (κ1) is 28.8. The number of nitrogens with zero attached hydrogens (tertiary/aromatic N) is 4. The summed E-state index contributed by atoms with van der Waals surface area (Å²) in [6, 6.07) is 21.1. The molecule has 224 valence electrons. The van der Waals surface area contributed by atoms with Gasteiger partial charge in [-0.3, -0.25) is 24.2 Å². The van der Waals surface area contributed by atoms with E-state index in [1.165, 1.54) is 14.1 Å². The number of ether oxygens (including phenoxy) is 1. The standard InChI is InChI=1S/C33H36N4O6/c1-34-30(40)33(31(41)35(2)32(34)42,21-36-17-23-15-25(19-36)27-9-6-10-29(39)37(27)18-23)16-22-11-13-26(14-12-22)43-20-28(38)24-7-4-3-5-8-24/h3-14,23,25,28,38H,15-21H2,1-2H3/t23-,25+,28?/m0/s1. The Morgan fingerprint density at radius 1 is 0.860 bits per heavy atom. The molecule has 3 aliphatic rings. The summed E-state index contributed by atoms with van der Waals surface area (Å²) in [6.07, 6.45) is 0.287. The highest BCUT2D eigenvalue weighted by molar-refractivity contribution is 6.19. The topological polar surface area (TPSA) is 112 Å². The zero-order valence-electron chi connectivity index (χ0n) is 24.4. The Balaban J connectivity index is 1.23. The molecular weight excluding hydrogens is 548 g/mol. The Hall–Kier alpha value is -4.28. The summed E-state index contributed by atoms with van der Waals surface area (Å²) in [5.74, 6) is -0.140. The van der Waals surface area contributed by atoms with Gasteiger partial charge in [-0.1, -0.05) is 48.5 Å². The van der Waals surface area contributed by atoms with Crippen LogP contribution < -0.4 is 10.3 Å². The summed E-state index contributed by atoms with van der Waals surface area (Å²) in [6.45, 7) is 2.11. The van der Waals surface area contributed by atoms with Crippen molar-refractivity contribution in [1.82, 2.24) is 19.3 Å². The number of likely N-dealkylation sites (tertiary alicyclic amines) is 1. The zero-order chi connectivity index (χ0) is 30.3. The summed E-state index contributed by atoms with van der Waals surface area (Å²) in [5, 5.41) is 10.4. The highest BCUT2D eigenvalue weighted by Gasteiger charge is 2.56. The Morgan fingerprint density at radius 3 is 2.26 bits per heavy atom. The molecule has 0 saturated carbocycles. The van der Waals surface area contributed by atoms with Gasteiger partial charge in [-0.15, -0.1) is 0 Å². The highest BCUT2D eigenvalue weighted by Crippen LogP contribution is 2.39. The summed E-state index contributed by atoms with van der Waals surface area (Å²) < 4.78 is 7.66. The van der Waals surface area contributed by atoms with E-state index in [9.17, 15) is 24.3 Å². The van der Waals surface area contributed by atoms with Crippen molar-refractivity contribution in [3.05, 3.63) is 100.0 Å². The molecule has 0 spiro atoms. The molecule has 0 radical (unpaired) electrons. The molecule has 1 unspecified atom stereocenters. The van der Waals surface area contributed by atoms with Crippen LogP contribution in [0.1, 0.15) is 35.3 Å². The van der Waals surface area contributed by atoms with E-state index in [-0.39, 0.29) is 37.0 Å². The molecule has 2 aromatic carbocycles. The van der Waals surface area contributed by atoms with Crippen LogP contribution in [0.3, 0.4) is 0 Å². The summed E-state index contributed by atoms with van der Waals surface area (Å²) >= 11 is 0. The maximum atomic E-state index is 13.9. The first-order chi connectivity index (χ1) is 20.7. The fourth-order valence-corrected chi connectivity index (χ4v) is 6.98. The van der Waals surface area contributed by atoms with Gasteiger partial charge < -0.3 is 19.3 Å². The van der Waals surface area contributed by atoms with Gasteiger partial charge in [0.1, 0.15) is 23.9 Å². The number of aliphatic hydroxyl groups excluding tert-OH is 1. The van der Waals surface area contributed by atoms with E-state index < -0.39 is 29.4 Å².